The molecule has 1 unspecified atom stereocenters. The van der Waals surface area contributed by atoms with Crippen LogP contribution in [0, 0.1) is 0 Å². The number of hydrogen-bond donors (Lipinski definition) is 1. The molecule has 1 atom stereocenters. The van der Waals surface area contributed by atoms with E-state index in [1.54, 1.807) is 0 Å². The van der Waals surface area contributed by atoms with Gasteiger partial charge in [-0.25, -0.2) is 4.79 Å². The van der Waals surface area contributed by atoms with E-state index in [1.807, 2.05) is 61.5 Å². The fourth-order valence-corrected chi connectivity index (χ4v) is 2.02. The Balaban J connectivity index is 2.21. The molecule has 0 aliphatic heterocycles. The minimum atomic E-state index is -0.548. The van der Waals surface area contributed by atoms with E-state index in [1.165, 1.54) is 7.11 Å². The molecule has 4 nitrogen and oxygen atoms in total. The van der Waals surface area contributed by atoms with E-state index in [9.17, 15) is 4.79 Å². The quantitative estimate of drug-likeness (QED) is 0.826. The Labute approximate surface area is 124 Å². The van der Waals surface area contributed by atoms with Crippen LogP contribution in [0.4, 0.5) is 5.69 Å². The van der Waals surface area contributed by atoms with Gasteiger partial charge in [0.25, 0.3) is 0 Å². The summed E-state index contributed by atoms with van der Waals surface area (Å²) in [5.41, 5.74) is 1.69. The molecule has 0 aromatic heterocycles. The molecular weight excluding hydrogens is 266 g/mol. The molecule has 0 radical (unpaired) electrons. The first kappa shape index (κ1) is 14.9. The topological polar surface area (TPSA) is 47.6 Å². The normalized spacial score (nSPS) is 11.5. The summed E-state index contributed by atoms with van der Waals surface area (Å²) in [5.74, 6) is 0.451. The first-order chi connectivity index (χ1) is 10.2. The van der Waals surface area contributed by atoms with Gasteiger partial charge < -0.3 is 14.8 Å². The van der Waals surface area contributed by atoms with Crippen molar-refractivity contribution < 1.29 is 14.3 Å². The van der Waals surface area contributed by atoms with Crippen LogP contribution in [-0.4, -0.2) is 19.7 Å². The Morgan fingerprint density at radius 3 is 2.33 bits per heavy atom. The summed E-state index contributed by atoms with van der Waals surface area (Å²) in [6.45, 7) is 2.55. The first-order valence-electron chi connectivity index (χ1n) is 6.86. The second-order valence-electron chi connectivity index (χ2n) is 4.47. The van der Waals surface area contributed by atoms with Crippen molar-refractivity contribution in [2.45, 2.75) is 13.0 Å². The zero-order valence-electron chi connectivity index (χ0n) is 12.2. The summed E-state index contributed by atoms with van der Waals surface area (Å²) >= 11 is 0. The highest BCUT2D eigenvalue weighted by Crippen LogP contribution is 2.23. The first-order valence-corrected chi connectivity index (χ1v) is 6.86. The number of nitrogens with one attached hydrogen (secondary N) is 1. The maximum absolute atomic E-state index is 12.0. The lowest BCUT2D eigenvalue weighted by atomic mass is 10.1. The molecule has 2 aromatic carbocycles. The molecule has 1 N–H and O–H groups in total. The van der Waals surface area contributed by atoms with Gasteiger partial charge in [0.2, 0.25) is 0 Å². The maximum atomic E-state index is 12.0. The van der Waals surface area contributed by atoms with Crippen molar-refractivity contribution in [1.29, 1.82) is 0 Å². The van der Waals surface area contributed by atoms with Crippen LogP contribution in [0.15, 0.2) is 54.6 Å². The van der Waals surface area contributed by atoms with Gasteiger partial charge in [-0.1, -0.05) is 30.3 Å². The minimum Gasteiger partial charge on any atom is -0.494 e. The highest BCUT2D eigenvalue weighted by molar-refractivity contribution is 5.81. The molecule has 0 saturated heterocycles. The molecular formula is C17H19NO3. The molecule has 0 spiro atoms. The number of carbonyl (C=O) groups excluding carboxylic acids is 1. The van der Waals surface area contributed by atoms with Crippen LogP contribution >= 0.6 is 0 Å². The van der Waals surface area contributed by atoms with Crippen LogP contribution in [0.3, 0.4) is 0 Å². The number of hydrogen-bond acceptors (Lipinski definition) is 4. The van der Waals surface area contributed by atoms with Crippen LogP contribution in [0.2, 0.25) is 0 Å². The van der Waals surface area contributed by atoms with E-state index >= 15 is 0 Å². The lowest BCUT2D eigenvalue weighted by Crippen LogP contribution is -2.22. The van der Waals surface area contributed by atoms with Crippen molar-refractivity contribution in [3.63, 3.8) is 0 Å². The zero-order chi connectivity index (χ0) is 15.1. The van der Waals surface area contributed by atoms with Gasteiger partial charge >= 0.3 is 5.97 Å². The number of carbonyl (C=O) groups is 1. The second kappa shape index (κ2) is 7.33. The summed E-state index contributed by atoms with van der Waals surface area (Å²) in [6.07, 6.45) is 0. The van der Waals surface area contributed by atoms with E-state index in [2.05, 4.69) is 5.32 Å². The van der Waals surface area contributed by atoms with Crippen LogP contribution in [0.25, 0.3) is 0 Å². The molecule has 2 rings (SSSR count). The molecule has 0 aliphatic rings. The average molecular weight is 285 g/mol. The third kappa shape index (κ3) is 3.99. The number of rotatable bonds is 6. The predicted molar refractivity (Wildman–Crippen MR) is 82.4 cm³/mol. The Morgan fingerprint density at radius 2 is 1.76 bits per heavy atom. The van der Waals surface area contributed by atoms with Gasteiger partial charge in [0.05, 0.1) is 13.7 Å². The molecule has 0 saturated carbocycles. The van der Waals surface area contributed by atoms with E-state index in [4.69, 9.17) is 9.47 Å². The van der Waals surface area contributed by atoms with Crippen molar-refractivity contribution in [2.24, 2.45) is 0 Å². The molecule has 110 valence electrons. The molecule has 4 heteroatoms. The highest BCUT2D eigenvalue weighted by Gasteiger charge is 2.21. The van der Waals surface area contributed by atoms with Crippen LogP contribution < -0.4 is 10.1 Å². The zero-order valence-corrected chi connectivity index (χ0v) is 12.2. The Hall–Kier alpha value is -2.49. The second-order valence-corrected chi connectivity index (χ2v) is 4.47. The maximum Gasteiger partial charge on any atom is 0.332 e. The molecule has 0 fully saturated rings. The third-order valence-electron chi connectivity index (χ3n) is 3.05. The van der Waals surface area contributed by atoms with Crippen molar-refractivity contribution in [1.82, 2.24) is 0 Å². The predicted octanol–water partition coefficient (Wildman–Crippen LogP) is 3.41. The molecule has 0 amide bonds. The van der Waals surface area contributed by atoms with E-state index in [-0.39, 0.29) is 5.97 Å². The van der Waals surface area contributed by atoms with Crippen molar-refractivity contribution >= 4 is 11.7 Å². The number of benzene rings is 2. The SMILES string of the molecule is CCOc1ccc(C(Nc2ccccc2)C(=O)OC)cc1. The standard InChI is InChI=1S/C17H19NO3/c1-3-21-15-11-9-13(10-12-15)16(17(19)20-2)18-14-7-5-4-6-8-14/h4-12,16,18H,3H2,1-2H3. The molecule has 2 aromatic rings. The Morgan fingerprint density at radius 1 is 1.10 bits per heavy atom. The van der Waals surface area contributed by atoms with E-state index in [0.29, 0.717) is 6.61 Å². The fraction of sp³-hybridized carbons (Fsp3) is 0.235. The number of ether oxygens (including phenoxy) is 2. The van der Waals surface area contributed by atoms with Gasteiger partial charge in [0.15, 0.2) is 6.04 Å². The summed E-state index contributed by atoms with van der Waals surface area (Å²) in [4.78, 5) is 12.0. The monoisotopic (exact) mass is 285 g/mol. The summed E-state index contributed by atoms with van der Waals surface area (Å²) in [7, 11) is 1.39. The highest BCUT2D eigenvalue weighted by atomic mass is 16.5. The fourth-order valence-electron chi connectivity index (χ4n) is 2.02. The minimum absolute atomic E-state index is 0.331. The summed E-state index contributed by atoms with van der Waals surface area (Å²) in [5, 5.41) is 3.18. The van der Waals surface area contributed by atoms with Crippen LogP contribution in [0.1, 0.15) is 18.5 Å². The Bertz CT molecular complexity index is 566. The Kier molecular flexibility index (Phi) is 5.21. The van der Waals surface area contributed by atoms with Crippen molar-refractivity contribution in [2.75, 3.05) is 19.0 Å². The van der Waals surface area contributed by atoms with Gasteiger partial charge in [-0.2, -0.15) is 0 Å². The average Bonchev–Trinajstić information content (AvgIpc) is 2.54. The number of para-hydroxylation sites is 1. The molecule has 0 aliphatic carbocycles. The van der Waals surface area contributed by atoms with Crippen molar-refractivity contribution in [3.8, 4) is 5.75 Å². The van der Waals surface area contributed by atoms with Gasteiger partial charge in [-0.05, 0) is 36.8 Å². The third-order valence-corrected chi connectivity index (χ3v) is 3.05. The number of anilines is 1. The number of methoxy groups -OCH3 is 1. The van der Waals surface area contributed by atoms with Gasteiger partial charge in [0, 0.05) is 5.69 Å². The van der Waals surface area contributed by atoms with Crippen LogP contribution in [0.5, 0.6) is 5.75 Å². The number of esters is 1. The summed E-state index contributed by atoms with van der Waals surface area (Å²) < 4.78 is 10.3. The van der Waals surface area contributed by atoms with E-state index < -0.39 is 6.04 Å². The molecule has 21 heavy (non-hydrogen) atoms. The van der Waals surface area contributed by atoms with Gasteiger partial charge in [-0.3, -0.25) is 0 Å². The lowest BCUT2D eigenvalue weighted by Gasteiger charge is -2.18. The van der Waals surface area contributed by atoms with Gasteiger partial charge in [-0.15, -0.1) is 0 Å². The molecule has 0 bridgehead atoms. The van der Waals surface area contributed by atoms with Gasteiger partial charge in [0.1, 0.15) is 5.75 Å². The molecule has 0 heterocycles. The smallest absolute Gasteiger partial charge is 0.332 e. The van der Waals surface area contributed by atoms with Crippen molar-refractivity contribution in [3.05, 3.63) is 60.2 Å². The summed E-state index contributed by atoms with van der Waals surface area (Å²) in [6, 6.07) is 16.4. The van der Waals surface area contributed by atoms with E-state index in [0.717, 1.165) is 17.0 Å². The van der Waals surface area contributed by atoms with Crippen LogP contribution in [-0.2, 0) is 9.53 Å². The lowest BCUT2D eigenvalue weighted by molar-refractivity contribution is -0.141. The largest absolute Gasteiger partial charge is 0.494 e.